The van der Waals surface area contributed by atoms with Gasteiger partial charge in [0.05, 0.1) is 11.8 Å². The maximum Gasteiger partial charge on any atom is 0.321 e. The van der Waals surface area contributed by atoms with E-state index in [1.807, 2.05) is 0 Å². The van der Waals surface area contributed by atoms with Gasteiger partial charge in [-0.25, -0.2) is 0 Å². The molecule has 0 aromatic carbocycles. The van der Waals surface area contributed by atoms with Crippen LogP contribution in [-0.4, -0.2) is 44.3 Å². The first-order chi connectivity index (χ1) is 12.7. The Balaban J connectivity index is 0.000000208. The van der Waals surface area contributed by atoms with Gasteiger partial charge in [0, 0.05) is 0 Å². The lowest BCUT2D eigenvalue weighted by Gasteiger charge is -2.42. The molecule has 3 saturated carbocycles. The Kier molecular flexibility index (Phi) is 6.84. The zero-order valence-corrected chi connectivity index (χ0v) is 15.3. The number of hydrogen-bond donors (Lipinski definition) is 4. The van der Waals surface area contributed by atoms with E-state index in [2.05, 4.69) is 0 Å². The lowest BCUT2D eigenvalue weighted by Crippen LogP contribution is -2.42. The number of carbonyl (C=O) groups is 4. The summed E-state index contributed by atoms with van der Waals surface area (Å²) in [5.74, 6) is -4.27. The highest BCUT2D eigenvalue weighted by Gasteiger charge is 2.48. The highest BCUT2D eigenvalue weighted by Crippen LogP contribution is 2.46. The maximum atomic E-state index is 11.1. The van der Waals surface area contributed by atoms with Crippen LogP contribution >= 0.6 is 0 Å². The largest absolute Gasteiger partial charge is 0.481 e. The van der Waals surface area contributed by atoms with E-state index in [1.54, 1.807) is 0 Å². The molecule has 8 nitrogen and oxygen atoms in total. The molecule has 0 heterocycles. The fraction of sp³-hybridized carbons (Fsp3) is 0.789. The van der Waals surface area contributed by atoms with Crippen molar-refractivity contribution >= 4 is 23.9 Å². The molecule has 3 fully saturated rings. The van der Waals surface area contributed by atoms with Crippen LogP contribution in [0.5, 0.6) is 0 Å². The highest BCUT2D eigenvalue weighted by molar-refractivity contribution is 5.98. The van der Waals surface area contributed by atoms with Crippen molar-refractivity contribution in [3.63, 3.8) is 0 Å². The Hall–Kier alpha value is -2.12. The minimum Gasteiger partial charge on any atom is -0.481 e. The summed E-state index contributed by atoms with van der Waals surface area (Å²) < 4.78 is 0. The first-order valence-electron chi connectivity index (χ1n) is 9.63. The van der Waals surface area contributed by atoms with Crippen molar-refractivity contribution in [1.29, 1.82) is 0 Å². The first-order valence-corrected chi connectivity index (χ1v) is 9.63. The zero-order chi connectivity index (χ0) is 20.2. The molecule has 152 valence electrons. The summed E-state index contributed by atoms with van der Waals surface area (Å²) >= 11 is 0. The van der Waals surface area contributed by atoms with Gasteiger partial charge < -0.3 is 20.4 Å². The van der Waals surface area contributed by atoms with Gasteiger partial charge in [-0.3, -0.25) is 19.2 Å². The molecule has 3 aliphatic rings. The van der Waals surface area contributed by atoms with Gasteiger partial charge in [0.25, 0.3) is 0 Å². The number of carboxylic acids is 4. The fourth-order valence-electron chi connectivity index (χ4n) is 5.11. The molecule has 0 aromatic heterocycles. The van der Waals surface area contributed by atoms with Gasteiger partial charge in [-0.15, -0.1) is 0 Å². The third kappa shape index (κ3) is 4.42. The molecule has 3 aliphatic carbocycles. The summed E-state index contributed by atoms with van der Waals surface area (Å²) in [5, 5.41) is 35.6. The number of fused-ring (bicyclic) bond motifs is 1. The van der Waals surface area contributed by atoms with Crippen molar-refractivity contribution in [3.05, 3.63) is 0 Å². The minimum absolute atomic E-state index is 0.0982. The average Bonchev–Trinajstić information content (AvgIpc) is 3.12. The Morgan fingerprint density at radius 2 is 0.963 bits per heavy atom. The summed E-state index contributed by atoms with van der Waals surface area (Å²) in [5.41, 5.74) is -1.47. The first kappa shape index (κ1) is 21.2. The average molecular weight is 384 g/mol. The van der Waals surface area contributed by atoms with Gasteiger partial charge in [-0.2, -0.15) is 0 Å². The summed E-state index contributed by atoms with van der Waals surface area (Å²) in [6.07, 6.45) is 6.93. The van der Waals surface area contributed by atoms with Gasteiger partial charge in [0.2, 0.25) is 0 Å². The lowest BCUT2D eigenvalue weighted by molar-refractivity contribution is -0.164. The molecule has 3 rings (SSSR count). The number of aliphatic carboxylic acids is 4. The molecule has 0 aliphatic heterocycles. The predicted molar refractivity (Wildman–Crippen MR) is 93.1 cm³/mol. The second-order valence-corrected chi connectivity index (χ2v) is 7.98. The molecule has 27 heavy (non-hydrogen) atoms. The monoisotopic (exact) mass is 384 g/mol. The van der Waals surface area contributed by atoms with Crippen LogP contribution in [0.15, 0.2) is 0 Å². The molecule has 0 aromatic rings. The summed E-state index contributed by atoms with van der Waals surface area (Å²) in [4.78, 5) is 43.4. The van der Waals surface area contributed by atoms with Gasteiger partial charge in [-0.1, -0.05) is 25.7 Å². The second-order valence-electron chi connectivity index (χ2n) is 7.98. The van der Waals surface area contributed by atoms with E-state index < -0.39 is 29.3 Å². The Morgan fingerprint density at radius 3 is 1.22 bits per heavy atom. The SMILES string of the molecule is O=C(O)C1(C(=O)O)CCCC1.O=C(O)C1CCCC2C(C(=O)O)CCCC12. The number of rotatable bonds is 4. The van der Waals surface area contributed by atoms with Gasteiger partial charge in [0.15, 0.2) is 5.41 Å². The Labute approximate surface area is 157 Å². The molecule has 0 saturated heterocycles. The molecule has 0 amide bonds. The van der Waals surface area contributed by atoms with Crippen LogP contribution < -0.4 is 0 Å². The van der Waals surface area contributed by atoms with Gasteiger partial charge >= 0.3 is 23.9 Å². The highest BCUT2D eigenvalue weighted by atomic mass is 16.4. The summed E-state index contributed by atoms with van der Waals surface area (Å²) in [6.45, 7) is 0. The third-order valence-electron chi connectivity index (χ3n) is 6.60. The summed E-state index contributed by atoms with van der Waals surface area (Å²) in [7, 11) is 0. The van der Waals surface area contributed by atoms with Crippen LogP contribution in [0.25, 0.3) is 0 Å². The molecular formula is C19H28O8. The van der Waals surface area contributed by atoms with Gasteiger partial charge in [0.1, 0.15) is 0 Å². The van der Waals surface area contributed by atoms with Crippen molar-refractivity contribution in [3.8, 4) is 0 Å². The van der Waals surface area contributed by atoms with Crippen LogP contribution in [0.4, 0.5) is 0 Å². The molecule has 4 atom stereocenters. The Bertz CT molecular complexity index is 547. The topological polar surface area (TPSA) is 149 Å². The molecule has 0 radical (unpaired) electrons. The van der Waals surface area contributed by atoms with Crippen molar-refractivity contribution in [2.75, 3.05) is 0 Å². The van der Waals surface area contributed by atoms with Crippen LogP contribution in [0, 0.1) is 29.1 Å². The molecule has 0 bridgehead atoms. The number of hydrogen-bond acceptors (Lipinski definition) is 4. The second kappa shape index (κ2) is 8.71. The molecule has 8 heteroatoms. The van der Waals surface area contributed by atoms with Gasteiger partial charge in [-0.05, 0) is 50.4 Å². The van der Waals surface area contributed by atoms with E-state index in [1.165, 1.54) is 0 Å². The van der Waals surface area contributed by atoms with Crippen molar-refractivity contribution in [2.45, 2.75) is 64.2 Å². The normalized spacial score (nSPS) is 31.7. The van der Waals surface area contributed by atoms with E-state index in [4.69, 9.17) is 20.4 Å². The third-order valence-corrected chi connectivity index (χ3v) is 6.60. The van der Waals surface area contributed by atoms with Crippen molar-refractivity contribution < 1.29 is 39.6 Å². The van der Waals surface area contributed by atoms with Crippen LogP contribution in [0.3, 0.4) is 0 Å². The van der Waals surface area contributed by atoms with Crippen LogP contribution in [0.2, 0.25) is 0 Å². The number of carboxylic acid groups (broad SMARTS) is 4. The van der Waals surface area contributed by atoms with Crippen LogP contribution in [0.1, 0.15) is 64.2 Å². The molecular weight excluding hydrogens is 356 g/mol. The molecule has 4 N–H and O–H groups in total. The van der Waals surface area contributed by atoms with E-state index in [0.717, 1.165) is 38.5 Å². The summed E-state index contributed by atoms with van der Waals surface area (Å²) in [6, 6.07) is 0. The lowest BCUT2D eigenvalue weighted by atomic mass is 9.61. The quantitative estimate of drug-likeness (QED) is 0.540. The predicted octanol–water partition coefficient (Wildman–Crippen LogP) is 2.70. The minimum atomic E-state index is -1.47. The fourth-order valence-corrected chi connectivity index (χ4v) is 5.11. The molecule has 4 unspecified atom stereocenters. The maximum absolute atomic E-state index is 11.1. The molecule has 0 spiro atoms. The zero-order valence-electron chi connectivity index (χ0n) is 15.3. The van der Waals surface area contributed by atoms with Crippen molar-refractivity contribution in [2.24, 2.45) is 29.1 Å². The van der Waals surface area contributed by atoms with E-state index in [9.17, 15) is 19.2 Å². The standard InChI is InChI=1S/C12H18O4.C7H10O4/c13-11(14)9-5-1-3-7-8(9)4-2-6-10(7)12(15)16;8-5(9)7(6(10)11)3-1-2-4-7/h7-10H,1-6H2,(H,13,14)(H,15,16);1-4H2,(H,8,9)(H,10,11). The van der Waals surface area contributed by atoms with E-state index >= 15 is 0 Å². The Morgan fingerprint density at radius 1 is 0.593 bits per heavy atom. The smallest absolute Gasteiger partial charge is 0.321 e. The van der Waals surface area contributed by atoms with E-state index in [0.29, 0.717) is 12.8 Å². The van der Waals surface area contributed by atoms with Crippen molar-refractivity contribution in [1.82, 2.24) is 0 Å². The van der Waals surface area contributed by atoms with Crippen LogP contribution in [-0.2, 0) is 19.2 Å². The van der Waals surface area contributed by atoms with E-state index in [-0.39, 0.29) is 36.5 Å².